The van der Waals surface area contributed by atoms with Gasteiger partial charge in [-0.25, -0.2) is 19.3 Å². The van der Waals surface area contributed by atoms with Gasteiger partial charge in [-0.3, -0.25) is 0 Å². The van der Waals surface area contributed by atoms with E-state index in [1.807, 2.05) is 6.07 Å². The van der Waals surface area contributed by atoms with E-state index in [2.05, 4.69) is 44.7 Å². The molecule has 1 saturated carbocycles. The molecule has 2 aromatic heterocycles. The van der Waals surface area contributed by atoms with Gasteiger partial charge in [-0.1, -0.05) is 6.92 Å². The Balaban J connectivity index is 1.36. The van der Waals surface area contributed by atoms with Crippen LogP contribution in [-0.2, 0) is 9.47 Å². The van der Waals surface area contributed by atoms with Gasteiger partial charge in [0.1, 0.15) is 11.6 Å². The minimum absolute atomic E-state index is 0.165. The second-order valence-electron chi connectivity index (χ2n) is 10.3. The van der Waals surface area contributed by atoms with Crippen LogP contribution in [0.1, 0.15) is 52.4 Å². The molecular weight excluding hydrogens is 447 g/mol. The zero-order chi connectivity index (χ0) is 24.7. The number of hydrogen-bond donors (Lipinski definition) is 3. The van der Waals surface area contributed by atoms with Crippen molar-refractivity contribution in [1.82, 2.24) is 20.3 Å². The first-order valence-electron chi connectivity index (χ1n) is 12.8. The molecular formula is C26H39FN6O2. The summed E-state index contributed by atoms with van der Waals surface area (Å²) in [6.07, 6.45) is 9.18. The highest BCUT2D eigenvalue weighted by molar-refractivity contribution is 5.61. The van der Waals surface area contributed by atoms with Gasteiger partial charge in [0.15, 0.2) is 11.6 Å². The average Bonchev–Trinajstić information content (AvgIpc) is 2.86. The van der Waals surface area contributed by atoms with E-state index in [-0.39, 0.29) is 5.41 Å². The fourth-order valence-electron chi connectivity index (χ4n) is 4.93. The highest BCUT2D eigenvalue weighted by Gasteiger charge is 2.27. The molecule has 3 heterocycles. The molecule has 0 spiro atoms. The van der Waals surface area contributed by atoms with Crippen LogP contribution in [0.3, 0.4) is 0 Å². The molecule has 2 aliphatic rings. The zero-order valence-electron chi connectivity index (χ0n) is 21.1. The normalized spacial score (nSPS) is 23.0. The Bertz CT molecular complexity index is 947. The molecule has 192 valence electrons. The van der Waals surface area contributed by atoms with E-state index < -0.39 is 5.82 Å². The second kappa shape index (κ2) is 12.1. The van der Waals surface area contributed by atoms with Crippen molar-refractivity contribution >= 4 is 11.6 Å². The fraction of sp³-hybridized carbons (Fsp3) is 0.654. The summed E-state index contributed by atoms with van der Waals surface area (Å²) >= 11 is 0. The van der Waals surface area contributed by atoms with Gasteiger partial charge in [0.25, 0.3) is 0 Å². The third-order valence-electron chi connectivity index (χ3n) is 7.16. The van der Waals surface area contributed by atoms with Crippen molar-refractivity contribution in [2.45, 2.75) is 70.5 Å². The van der Waals surface area contributed by atoms with Crippen molar-refractivity contribution < 1.29 is 13.9 Å². The molecule has 1 aliphatic carbocycles. The largest absolute Gasteiger partial charge is 0.383 e. The summed E-state index contributed by atoms with van der Waals surface area (Å²) in [6, 6.07) is 4.71. The summed E-state index contributed by atoms with van der Waals surface area (Å²) in [4.78, 5) is 13.2. The van der Waals surface area contributed by atoms with E-state index in [1.165, 1.54) is 6.20 Å². The van der Waals surface area contributed by atoms with Gasteiger partial charge in [0.05, 0.1) is 18.4 Å². The van der Waals surface area contributed by atoms with Gasteiger partial charge < -0.3 is 25.4 Å². The number of ether oxygens (including phenoxy) is 2. The smallest absolute Gasteiger partial charge is 0.164 e. The lowest BCUT2D eigenvalue weighted by molar-refractivity contribution is 0.0300. The lowest BCUT2D eigenvalue weighted by Gasteiger charge is -2.33. The molecule has 0 amide bonds. The molecule has 2 fully saturated rings. The predicted molar refractivity (Wildman–Crippen MR) is 136 cm³/mol. The molecule has 9 heteroatoms. The van der Waals surface area contributed by atoms with E-state index in [4.69, 9.17) is 9.47 Å². The molecule has 0 bridgehead atoms. The highest BCUT2D eigenvalue weighted by Crippen LogP contribution is 2.30. The van der Waals surface area contributed by atoms with Crippen LogP contribution in [0.15, 0.2) is 24.5 Å². The molecule has 0 aromatic carbocycles. The first-order chi connectivity index (χ1) is 16.9. The first kappa shape index (κ1) is 25.7. The standard InChI is InChI=1S/C26H39FN6O2/c1-18(16-34-3)31-19-4-6-20(7-5-19)32-24-14-21(22(27)15-29-24)25-28-11-8-23(33-25)30-17-26(2)9-12-35-13-10-26/h8,11,14-15,18-20,31H,4-7,9-10,12-13,16-17H2,1-3H3,(H,29,32)(H,28,30,33)/t18-,19?,20?/m1/s1. The third kappa shape index (κ3) is 7.32. The SMILES string of the molecule is COC[C@@H](C)NC1CCC(Nc2cc(-c3nccc(NCC4(C)CCOCC4)n3)c(F)cn2)CC1. The van der Waals surface area contributed by atoms with Gasteiger partial charge in [-0.05, 0) is 63.0 Å². The number of methoxy groups -OCH3 is 1. The van der Waals surface area contributed by atoms with Crippen LogP contribution in [0.4, 0.5) is 16.0 Å². The number of anilines is 2. The second-order valence-corrected chi connectivity index (χ2v) is 10.3. The first-order valence-corrected chi connectivity index (χ1v) is 12.8. The Labute approximate surface area is 207 Å². The molecule has 8 nitrogen and oxygen atoms in total. The van der Waals surface area contributed by atoms with Crippen molar-refractivity contribution in [2.24, 2.45) is 5.41 Å². The van der Waals surface area contributed by atoms with Crippen LogP contribution >= 0.6 is 0 Å². The van der Waals surface area contributed by atoms with E-state index in [1.54, 1.807) is 19.4 Å². The van der Waals surface area contributed by atoms with Gasteiger partial charge in [0, 0.05) is 51.2 Å². The van der Waals surface area contributed by atoms with Gasteiger partial charge in [-0.2, -0.15) is 0 Å². The molecule has 0 radical (unpaired) electrons. The number of rotatable bonds is 10. The summed E-state index contributed by atoms with van der Waals surface area (Å²) in [5.41, 5.74) is 0.519. The van der Waals surface area contributed by atoms with Gasteiger partial charge in [-0.15, -0.1) is 0 Å². The summed E-state index contributed by atoms with van der Waals surface area (Å²) in [6.45, 7) is 7.49. The van der Waals surface area contributed by atoms with Crippen LogP contribution in [0.2, 0.25) is 0 Å². The summed E-state index contributed by atoms with van der Waals surface area (Å²) in [5.74, 6) is 1.28. The molecule has 35 heavy (non-hydrogen) atoms. The number of hydrogen-bond acceptors (Lipinski definition) is 8. The highest BCUT2D eigenvalue weighted by atomic mass is 19.1. The maximum Gasteiger partial charge on any atom is 0.164 e. The third-order valence-corrected chi connectivity index (χ3v) is 7.16. The van der Waals surface area contributed by atoms with E-state index >= 15 is 0 Å². The maximum atomic E-state index is 14.7. The zero-order valence-corrected chi connectivity index (χ0v) is 21.1. The summed E-state index contributed by atoms with van der Waals surface area (Å²) in [7, 11) is 1.73. The Kier molecular flexibility index (Phi) is 8.86. The predicted octanol–water partition coefficient (Wildman–Crippen LogP) is 4.25. The Hall–Kier alpha value is -2.36. The Morgan fingerprint density at radius 2 is 1.89 bits per heavy atom. The topological polar surface area (TPSA) is 93.2 Å². The molecule has 2 aromatic rings. The minimum atomic E-state index is -0.427. The molecule has 1 aliphatic heterocycles. The number of halogens is 1. The van der Waals surface area contributed by atoms with Gasteiger partial charge in [0.2, 0.25) is 0 Å². The monoisotopic (exact) mass is 486 g/mol. The van der Waals surface area contributed by atoms with E-state index in [0.29, 0.717) is 47.8 Å². The van der Waals surface area contributed by atoms with Crippen LogP contribution < -0.4 is 16.0 Å². The fourth-order valence-corrected chi connectivity index (χ4v) is 4.93. The summed E-state index contributed by atoms with van der Waals surface area (Å²) < 4.78 is 25.4. The van der Waals surface area contributed by atoms with Crippen molar-refractivity contribution in [2.75, 3.05) is 44.1 Å². The molecule has 1 atom stereocenters. The number of nitrogens with one attached hydrogen (secondary N) is 3. The minimum Gasteiger partial charge on any atom is -0.383 e. The number of aromatic nitrogens is 3. The quantitative estimate of drug-likeness (QED) is 0.459. The Morgan fingerprint density at radius 3 is 2.63 bits per heavy atom. The van der Waals surface area contributed by atoms with Gasteiger partial charge >= 0.3 is 0 Å². The van der Waals surface area contributed by atoms with Crippen molar-refractivity contribution in [3.05, 3.63) is 30.3 Å². The molecule has 3 N–H and O–H groups in total. The van der Waals surface area contributed by atoms with E-state index in [0.717, 1.165) is 58.3 Å². The maximum absolute atomic E-state index is 14.7. The van der Waals surface area contributed by atoms with Crippen LogP contribution in [0.5, 0.6) is 0 Å². The lowest BCUT2D eigenvalue weighted by Crippen LogP contribution is -2.42. The van der Waals surface area contributed by atoms with Crippen LogP contribution in [0, 0.1) is 11.2 Å². The van der Waals surface area contributed by atoms with Crippen molar-refractivity contribution in [3.8, 4) is 11.4 Å². The number of pyridine rings is 1. The van der Waals surface area contributed by atoms with Crippen LogP contribution in [0.25, 0.3) is 11.4 Å². The Morgan fingerprint density at radius 1 is 1.14 bits per heavy atom. The molecule has 1 saturated heterocycles. The molecule has 4 rings (SSSR count). The van der Waals surface area contributed by atoms with E-state index in [9.17, 15) is 4.39 Å². The van der Waals surface area contributed by atoms with Crippen LogP contribution in [-0.4, -0.2) is 66.6 Å². The van der Waals surface area contributed by atoms with Crippen molar-refractivity contribution in [3.63, 3.8) is 0 Å². The van der Waals surface area contributed by atoms with Crippen molar-refractivity contribution in [1.29, 1.82) is 0 Å². The lowest BCUT2D eigenvalue weighted by atomic mass is 9.82. The number of nitrogens with zero attached hydrogens (tertiary/aromatic N) is 3. The average molecular weight is 487 g/mol. The molecule has 0 unspecified atom stereocenters. The summed E-state index contributed by atoms with van der Waals surface area (Å²) in [5, 5.41) is 10.5.